The molecule has 0 radical (unpaired) electrons. The molecule has 0 saturated heterocycles. The van der Waals surface area contributed by atoms with E-state index in [1.165, 1.54) is 0 Å². The lowest BCUT2D eigenvalue weighted by Crippen LogP contribution is -2.31. The van der Waals surface area contributed by atoms with Crippen molar-refractivity contribution in [3.8, 4) is 0 Å². The Morgan fingerprint density at radius 2 is 2.00 bits per heavy atom. The highest BCUT2D eigenvalue weighted by atomic mass is 79.9. The van der Waals surface area contributed by atoms with Crippen LogP contribution in [0.5, 0.6) is 0 Å². The summed E-state index contributed by atoms with van der Waals surface area (Å²) in [6.07, 6.45) is 0.428. The zero-order valence-corrected chi connectivity index (χ0v) is 16.3. The van der Waals surface area contributed by atoms with Crippen LogP contribution in [0.1, 0.15) is 39.7 Å². The minimum atomic E-state index is -0.530. The molecule has 1 amide bonds. The summed E-state index contributed by atoms with van der Waals surface area (Å²) in [5.74, 6) is -0.220. The highest BCUT2D eigenvalue weighted by Crippen LogP contribution is 2.38. The van der Waals surface area contributed by atoms with E-state index in [0.717, 1.165) is 15.6 Å². The van der Waals surface area contributed by atoms with Crippen LogP contribution in [0.25, 0.3) is 11.0 Å². The molecule has 1 aromatic heterocycles. The number of aryl methyl sites for hydroxylation is 1. The first-order chi connectivity index (χ1) is 13.0. The average Bonchev–Trinajstić information content (AvgIpc) is 2.93. The Morgan fingerprint density at radius 3 is 2.74 bits per heavy atom. The van der Waals surface area contributed by atoms with Gasteiger partial charge in [0.05, 0.1) is 17.0 Å². The first-order valence-electron chi connectivity index (χ1n) is 8.76. The van der Waals surface area contributed by atoms with Crippen LogP contribution in [0.2, 0.25) is 0 Å². The predicted octanol–water partition coefficient (Wildman–Crippen LogP) is 3.79. The van der Waals surface area contributed by atoms with Crippen molar-refractivity contribution in [1.82, 2.24) is 4.90 Å². The fourth-order valence-electron chi connectivity index (χ4n) is 3.63. The predicted molar refractivity (Wildman–Crippen MR) is 106 cm³/mol. The van der Waals surface area contributed by atoms with Gasteiger partial charge in [-0.25, -0.2) is 0 Å². The van der Waals surface area contributed by atoms with Gasteiger partial charge in [-0.05, 0) is 43.2 Å². The van der Waals surface area contributed by atoms with Crippen LogP contribution >= 0.6 is 15.9 Å². The van der Waals surface area contributed by atoms with Gasteiger partial charge in [-0.15, -0.1) is 0 Å². The Labute approximate surface area is 164 Å². The van der Waals surface area contributed by atoms with E-state index in [2.05, 4.69) is 15.9 Å². The summed E-state index contributed by atoms with van der Waals surface area (Å²) in [4.78, 5) is 28.0. The normalized spacial score (nSPS) is 16.2. The Morgan fingerprint density at radius 1 is 1.19 bits per heavy atom. The molecule has 1 unspecified atom stereocenters. The van der Waals surface area contributed by atoms with Gasteiger partial charge in [0.1, 0.15) is 5.58 Å². The van der Waals surface area contributed by atoms with E-state index in [4.69, 9.17) is 4.42 Å². The topological polar surface area (TPSA) is 70.8 Å². The van der Waals surface area contributed by atoms with Crippen LogP contribution in [0.4, 0.5) is 0 Å². The molecule has 1 aliphatic heterocycles. The van der Waals surface area contributed by atoms with Crippen LogP contribution in [-0.4, -0.2) is 29.1 Å². The number of hydrogen-bond donors (Lipinski definition) is 1. The molecule has 1 N–H and O–H groups in total. The Bertz CT molecular complexity index is 1110. The monoisotopic (exact) mass is 427 g/mol. The highest BCUT2D eigenvalue weighted by molar-refractivity contribution is 9.10. The molecule has 138 valence electrons. The maximum atomic E-state index is 13.3. The van der Waals surface area contributed by atoms with E-state index in [1.54, 1.807) is 17.0 Å². The number of aliphatic hydroxyl groups is 1. The molecule has 0 fully saturated rings. The molecular formula is C21H18BrNO4. The van der Waals surface area contributed by atoms with Crippen molar-refractivity contribution in [2.24, 2.45) is 0 Å². The van der Waals surface area contributed by atoms with Crippen LogP contribution in [-0.2, 0) is 0 Å². The summed E-state index contributed by atoms with van der Waals surface area (Å²) >= 11 is 3.46. The van der Waals surface area contributed by atoms with Crippen molar-refractivity contribution < 1.29 is 14.3 Å². The van der Waals surface area contributed by atoms with Crippen molar-refractivity contribution in [3.63, 3.8) is 0 Å². The van der Waals surface area contributed by atoms with E-state index in [-0.39, 0.29) is 23.7 Å². The van der Waals surface area contributed by atoms with Crippen molar-refractivity contribution in [2.45, 2.75) is 19.4 Å². The molecule has 1 aliphatic rings. The minimum absolute atomic E-state index is 0.0339. The summed E-state index contributed by atoms with van der Waals surface area (Å²) in [6.45, 7) is 2.22. The van der Waals surface area contributed by atoms with Crippen LogP contribution in [0.15, 0.2) is 56.1 Å². The fourth-order valence-corrected chi connectivity index (χ4v) is 4.05. The number of amides is 1. The molecule has 27 heavy (non-hydrogen) atoms. The number of rotatable bonds is 4. The molecule has 5 nitrogen and oxygen atoms in total. The van der Waals surface area contributed by atoms with Crippen molar-refractivity contribution in [2.75, 3.05) is 13.2 Å². The van der Waals surface area contributed by atoms with E-state index >= 15 is 0 Å². The van der Waals surface area contributed by atoms with Crippen molar-refractivity contribution in [1.29, 1.82) is 0 Å². The van der Waals surface area contributed by atoms with E-state index < -0.39 is 6.04 Å². The standard InChI is InChI=1S/C21H18BrNO4/c1-12-6-7-16-15(10-12)19(25)17-18(13-4-2-5-14(22)11-13)23(8-3-9-24)21(26)20(17)27-16/h2,4-7,10-11,18,24H,3,8-9H2,1H3. The van der Waals surface area contributed by atoms with Gasteiger partial charge in [-0.2, -0.15) is 0 Å². The number of carbonyl (C=O) groups excluding carboxylic acids is 1. The number of aliphatic hydroxyl groups excluding tert-OH is 1. The van der Waals surface area contributed by atoms with E-state index in [9.17, 15) is 14.7 Å². The Kier molecular flexibility index (Phi) is 4.61. The summed E-state index contributed by atoms with van der Waals surface area (Å²) in [5, 5.41) is 9.72. The molecule has 0 spiro atoms. The number of hydrogen-bond acceptors (Lipinski definition) is 4. The molecule has 0 saturated carbocycles. The SMILES string of the molecule is Cc1ccc2oc3c(c(=O)c2c1)C(c1cccc(Br)c1)N(CCCO)C3=O. The summed E-state index contributed by atoms with van der Waals surface area (Å²) in [6, 6.07) is 12.4. The molecule has 1 atom stereocenters. The molecule has 3 aromatic rings. The van der Waals surface area contributed by atoms with Gasteiger partial charge in [0.15, 0.2) is 5.43 Å². The summed E-state index contributed by atoms with van der Waals surface area (Å²) in [5.41, 5.74) is 2.38. The molecular weight excluding hydrogens is 410 g/mol. The van der Waals surface area contributed by atoms with Crippen LogP contribution in [0.3, 0.4) is 0 Å². The van der Waals surface area contributed by atoms with Gasteiger partial charge < -0.3 is 14.4 Å². The van der Waals surface area contributed by atoms with Crippen molar-refractivity contribution >= 4 is 32.8 Å². The fraction of sp³-hybridized carbons (Fsp3) is 0.238. The maximum Gasteiger partial charge on any atom is 0.290 e. The first kappa shape index (κ1) is 17.9. The van der Waals surface area contributed by atoms with Gasteiger partial charge in [0.25, 0.3) is 5.91 Å². The molecule has 2 aromatic carbocycles. The smallest absolute Gasteiger partial charge is 0.290 e. The molecule has 0 bridgehead atoms. The molecule has 6 heteroatoms. The second kappa shape index (κ2) is 6.94. The van der Waals surface area contributed by atoms with E-state index in [1.807, 2.05) is 37.3 Å². The summed E-state index contributed by atoms with van der Waals surface area (Å²) < 4.78 is 6.74. The minimum Gasteiger partial charge on any atom is -0.450 e. The lowest BCUT2D eigenvalue weighted by molar-refractivity contribution is 0.0716. The first-order valence-corrected chi connectivity index (χ1v) is 9.55. The second-order valence-electron chi connectivity index (χ2n) is 6.71. The molecule has 4 rings (SSSR count). The zero-order chi connectivity index (χ0) is 19.1. The summed E-state index contributed by atoms with van der Waals surface area (Å²) in [7, 11) is 0. The average molecular weight is 428 g/mol. The maximum absolute atomic E-state index is 13.3. The van der Waals surface area contributed by atoms with Gasteiger partial charge in [0, 0.05) is 17.6 Å². The number of benzene rings is 2. The largest absolute Gasteiger partial charge is 0.450 e. The number of fused-ring (bicyclic) bond motifs is 2. The van der Waals surface area contributed by atoms with Gasteiger partial charge in [-0.1, -0.05) is 39.7 Å². The lowest BCUT2D eigenvalue weighted by atomic mass is 9.98. The third-order valence-electron chi connectivity index (χ3n) is 4.84. The quantitative estimate of drug-likeness (QED) is 0.687. The lowest BCUT2D eigenvalue weighted by Gasteiger charge is -2.25. The van der Waals surface area contributed by atoms with Gasteiger partial charge in [-0.3, -0.25) is 9.59 Å². The molecule has 0 aliphatic carbocycles. The third-order valence-corrected chi connectivity index (χ3v) is 5.34. The Balaban J connectivity index is 1.99. The zero-order valence-electron chi connectivity index (χ0n) is 14.7. The van der Waals surface area contributed by atoms with Gasteiger partial charge in [0.2, 0.25) is 5.76 Å². The highest BCUT2D eigenvalue weighted by Gasteiger charge is 2.42. The van der Waals surface area contributed by atoms with Crippen LogP contribution < -0.4 is 5.43 Å². The van der Waals surface area contributed by atoms with Gasteiger partial charge >= 0.3 is 0 Å². The van der Waals surface area contributed by atoms with Crippen molar-refractivity contribution in [3.05, 3.63) is 79.6 Å². The van der Waals surface area contributed by atoms with Crippen LogP contribution in [0, 0.1) is 6.92 Å². The number of halogens is 1. The number of carbonyl (C=O) groups is 1. The number of nitrogens with zero attached hydrogens (tertiary/aromatic N) is 1. The molecule has 2 heterocycles. The van der Waals surface area contributed by atoms with E-state index in [0.29, 0.717) is 29.5 Å². The Hall–Kier alpha value is -2.44. The second-order valence-corrected chi connectivity index (χ2v) is 7.62. The third kappa shape index (κ3) is 2.99.